The van der Waals surface area contributed by atoms with Crippen LogP contribution in [0.4, 0.5) is 5.69 Å². The summed E-state index contributed by atoms with van der Waals surface area (Å²) in [5, 5.41) is 13.4. The van der Waals surface area contributed by atoms with Crippen molar-refractivity contribution in [2.75, 3.05) is 5.32 Å². The van der Waals surface area contributed by atoms with E-state index in [1.54, 1.807) is 30.3 Å². The zero-order valence-electron chi connectivity index (χ0n) is 12.6. The molecule has 1 heterocycles. The molecule has 0 radical (unpaired) electrons. The molecular formula is C18H16BrNO3. The molecule has 0 unspecified atom stereocenters. The fourth-order valence-electron chi connectivity index (χ4n) is 2.75. The minimum absolute atomic E-state index is 0.266. The van der Waals surface area contributed by atoms with Crippen LogP contribution in [0.15, 0.2) is 46.9 Å². The lowest BCUT2D eigenvalue weighted by molar-refractivity contribution is -0.133. The van der Waals surface area contributed by atoms with E-state index in [2.05, 4.69) is 21.2 Å². The zero-order valence-corrected chi connectivity index (χ0v) is 14.2. The van der Waals surface area contributed by atoms with Crippen LogP contribution in [-0.4, -0.2) is 16.8 Å². The molecule has 5 heteroatoms. The number of halogens is 1. The lowest BCUT2D eigenvalue weighted by Crippen LogP contribution is -2.36. The van der Waals surface area contributed by atoms with Crippen molar-refractivity contribution in [3.05, 3.63) is 63.6 Å². The number of hydrogen-bond donors (Lipinski definition) is 2. The van der Waals surface area contributed by atoms with Crippen LogP contribution in [-0.2, 0) is 16.8 Å². The summed E-state index contributed by atoms with van der Waals surface area (Å²) in [5.41, 5.74) is 0.754. The Morgan fingerprint density at radius 1 is 1.22 bits per heavy atom. The predicted octanol–water partition coefficient (Wildman–Crippen LogP) is 3.42. The summed E-state index contributed by atoms with van der Waals surface area (Å²) < 4.78 is 0.742. The van der Waals surface area contributed by atoms with Crippen LogP contribution in [0.3, 0.4) is 0 Å². The Balaban J connectivity index is 1.90. The smallest absolute Gasteiger partial charge is 0.261 e. The molecule has 0 saturated carbocycles. The van der Waals surface area contributed by atoms with Gasteiger partial charge in [-0.3, -0.25) is 9.59 Å². The number of Topliss-reactive ketones (excluding diaryl/α,β-unsaturated/α-hetero) is 1. The number of aliphatic hydroxyl groups is 1. The zero-order chi connectivity index (χ0) is 16.6. The van der Waals surface area contributed by atoms with E-state index >= 15 is 0 Å². The Hall–Kier alpha value is -1.98. The molecule has 0 saturated heterocycles. The standard InChI is InChI=1S/C18H16BrNO3/c1-2-11-3-5-12(6-4-11)16(21)10-18(23)14-9-13(19)7-8-15(14)20-17(18)22/h3-9,23H,2,10H2,1H3,(H,20,22)/t18-/m1/s1. The third-order valence-corrected chi connectivity index (χ3v) is 4.64. The fraction of sp³-hybridized carbons (Fsp3) is 0.222. The number of hydrogen-bond acceptors (Lipinski definition) is 3. The Morgan fingerprint density at radius 2 is 1.91 bits per heavy atom. The van der Waals surface area contributed by atoms with E-state index in [4.69, 9.17) is 0 Å². The molecule has 2 N–H and O–H groups in total. The molecule has 0 spiro atoms. The van der Waals surface area contributed by atoms with Gasteiger partial charge in [-0.05, 0) is 30.2 Å². The molecule has 0 fully saturated rings. The summed E-state index contributed by atoms with van der Waals surface area (Å²) in [4.78, 5) is 24.7. The Labute approximate surface area is 142 Å². The molecule has 23 heavy (non-hydrogen) atoms. The molecule has 1 aliphatic heterocycles. The number of fused-ring (bicyclic) bond motifs is 1. The first-order valence-electron chi connectivity index (χ1n) is 7.40. The van der Waals surface area contributed by atoms with Crippen molar-refractivity contribution in [2.45, 2.75) is 25.4 Å². The number of rotatable bonds is 4. The molecule has 3 rings (SSSR count). The molecule has 1 aliphatic rings. The number of benzene rings is 2. The summed E-state index contributed by atoms with van der Waals surface area (Å²) in [6, 6.07) is 12.4. The number of nitrogens with one attached hydrogen (secondary N) is 1. The normalized spacial score (nSPS) is 19.3. The van der Waals surface area contributed by atoms with Gasteiger partial charge >= 0.3 is 0 Å². The maximum Gasteiger partial charge on any atom is 0.261 e. The largest absolute Gasteiger partial charge is 0.375 e. The van der Waals surface area contributed by atoms with Gasteiger partial charge in [0.25, 0.3) is 5.91 Å². The maximum absolute atomic E-state index is 12.5. The van der Waals surface area contributed by atoms with Crippen molar-refractivity contribution in [1.82, 2.24) is 0 Å². The molecular weight excluding hydrogens is 358 g/mol. The van der Waals surface area contributed by atoms with Crippen molar-refractivity contribution < 1.29 is 14.7 Å². The third-order valence-electron chi connectivity index (χ3n) is 4.15. The minimum Gasteiger partial charge on any atom is -0.375 e. The molecule has 2 aromatic carbocycles. The first-order valence-corrected chi connectivity index (χ1v) is 8.19. The van der Waals surface area contributed by atoms with E-state index in [1.165, 1.54) is 0 Å². The van der Waals surface area contributed by atoms with Gasteiger partial charge < -0.3 is 10.4 Å². The van der Waals surface area contributed by atoms with E-state index in [-0.39, 0.29) is 12.2 Å². The highest BCUT2D eigenvalue weighted by Gasteiger charge is 2.46. The highest BCUT2D eigenvalue weighted by Crippen LogP contribution is 2.40. The van der Waals surface area contributed by atoms with Gasteiger partial charge in [0, 0.05) is 21.3 Å². The van der Waals surface area contributed by atoms with Gasteiger partial charge in [0.2, 0.25) is 0 Å². The molecule has 0 aromatic heterocycles. The van der Waals surface area contributed by atoms with E-state index in [0.29, 0.717) is 16.8 Å². The second-order valence-corrected chi connectivity index (χ2v) is 6.57. The average molecular weight is 374 g/mol. The monoisotopic (exact) mass is 373 g/mol. The van der Waals surface area contributed by atoms with Crippen LogP contribution >= 0.6 is 15.9 Å². The number of carbonyl (C=O) groups is 2. The Kier molecular flexibility index (Phi) is 4.08. The number of ketones is 1. The number of aryl methyl sites for hydroxylation is 1. The van der Waals surface area contributed by atoms with Crippen LogP contribution in [0, 0.1) is 0 Å². The summed E-state index contributed by atoms with van der Waals surface area (Å²) in [6.45, 7) is 2.04. The van der Waals surface area contributed by atoms with Crippen molar-refractivity contribution in [2.24, 2.45) is 0 Å². The van der Waals surface area contributed by atoms with Gasteiger partial charge in [0.15, 0.2) is 11.4 Å². The Bertz CT molecular complexity index is 785. The number of carbonyl (C=O) groups excluding carboxylic acids is 2. The second kappa shape index (κ2) is 5.91. The number of amides is 1. The third kappa shape index (κ3) is 2.82. The van der Waals surface area contributed by atoms with Crippen molar-refractivity contribution >= 4 is 33.3 Å². The van der Waals surface area contributed by atoms with Gasteiger partial charge in [-0.25, -0.2) is 0 Å². The lowest BCUT2D eigenvalue weighted by atomic mass is 9.88. The first-order chi connectivity index (χ1) is 10.9. The van der Waals surface area contributed by atoms with Crippen LogP contribution in [0.1, 0.15) is 34.8 Å². The van der Waals surface area contributed by atoms with E-state index < -0.39 is 11.5 Å². The second-order valence-electron chi connectivity index (χ2n) is 5.65. The average Bonchev–Trinajstić information content (AvgIpc) is 2.79. The molecule has 2 aromatic rings. The molecule has 118 valence electrons. The van der Waals surface area contributed by atoms with Gasteiger partial charge in [0.05, 0.1) is 6.42 Å². The van der Waals surface area contributed by atoms with Gasteiger partial charge in [-0.1, -0.05) is 47.1 Å². The van der Waals surface area contributed by atoms with E-state index in [0.717, 1.165) is 16.5 Å². The van der Waals surface area contributed by atoms with Gasteiger partial charge in [0.1, 0.15) is 0 Å². The summed E-state index contributed by atoms with van der Waals surface area (Å²) in [6.07, 6.45) is 0.607. The molecule has 0 bridgehead atoms. The summed E-state index contributed by atoms with van der Waals surface area (Å²) in [7, 11) is 0. The predicted molar refractivity (Wildman–Crippen MR) is 91.4 cm³/mol. The molecule has 0 aliphatic carbocycles. The molecule has 4 nitrogen and oxygen atoms in total. The van der Waals surface area contributed by atoms with E-state index in [1.807, 2.05) is 19.1 Å². The van der Waals surface area contributed by atoms with Crippen LogP contribution < -0.4 is 5.32 Å². The van der Waals surface area contributed by atoms with Crippen molar-refractivity contribution in [3.8, 4) is 0 Å². The molecule has 1 atom stereocenters. The van der Waals surface area contributed by atoms with Crippen molar-refractivity contribution in [1.29, 1.82) is 0 Å². The first kappa shape index (κ1) is 15.9. The molecule has 1 amide bonds. The van der Waals surface area contributed by atoms with Crippen molar-refractivity contribution in [3.63, 3.8) is 0 Å². The highest BCUT2D eigenvalue weighted by molar-refractivity contribution is 9.10. The fourth-order valence-corrected chi connectivity index (χ4v) is 3.11. The highest BCUT2D eigenvalue weighted by atomic mass is 79.9. The SMILES string of the molecule is CCc1ccc(C(=O)C[C@]2(O)C(=O)Nc3ccc(Br)cc32)cc1. The lowest BCUT2D eigenvalue weighted by Gasteiger charge is -2.20. The summed E-state index contributed by atoms with van der Waals surface area (Å²) in [5.74, 6) is -0.831. The van der Waals surface area contributed by atoms with Gasteiger partial charge in [-0.2, -0.15) is 0 Å². The van der Waals surface area contributed by atoms with Crippen LogP contribution in [0.5, 0.6) is 0 Å². The Morgan fingerprint density at radius 3 is 2.57 bits per heavy atom. The van der Waals surface area contributed by atoms with Gasteiger partial charge in [-0.15, -0.1) is 0 Å². The maximum atomic E-state index is 12.5. The number of anilines is 1. The van der Waals surface area contributed by atoms with Crippen LogP contribution in [0.2, 0.25) is 0 Å². The van der Waals surface area contributed by atoms with Crippen LogP contribution in [0.25, 0.3) is 0 Å². The minimum atomic E-state index is -1.83. The topological polar surface area (TPSA) is 66.4 Å². The summed E-state index contributed by atoms with van der Waals surface area (Å²) >= 11 is 3.33. The van der Waals surface area contributed by atoms with E-state index in [9.17, 15) is 14.7 Å². The quantitative estimate of drug-likeness (QED) is 0.806.